The number of anilines is 1. The van der Waals surface area contributed by atoms with Crippen LogP contribution in [0.15, 0.2) is 48.5 Å². The lowest BCUT2D eigenvalue weighted by molar-refractivity contribution is -0.384. The van der Waals surface area contributed by atoms with Crippen LogP contribution in [0.4, 0.5) is 11.4 Å². The maximum atomic E-state index is 12.7. The summed E-state index contributed by atoms with van der Waals surface area (Å²) < 4.78 is 5.66. The van der Waals surface area contributed by atoms with E-state index in [1.807, 2.05) is 17.0 Å². The van der Waals surface area contributed by atoms with Crippen LogP contribution < -0.4 is 9.64 Å². The van der Waals surface area contributed by atoms with Gasteiger partial charge >= 0.3 is 0 Å². The van der Waals surface area contributed by atoms with E-state index in [1.54, 1.807) is 42.3 Å². The van der Waals surface area contributed by atoms with Gasteiger partial charge in [-0.15, -0.1) is 0 Å². The molecule has 2 aromatic rings. The molecule has 0 bridgehead atoms. The van der Waals surface area contributed by atoms with Crippen LogP contribution in [0.2, 0.25) is 5.02 Å². The van der Waals surface area contributed by atoms with Crippen LogP contribution in [0.3, 0.4) is 0 Å². The summed E-state index contributed by atoms with van der Waals surface area (Å²) in [4.78, 5) is 27.3. The number of hydrogen-bond donors (Lipinski definition) is 0. The lowest BCUT2D eigenvalue weighted by Gasteiger charge is -2.34. The number of benzene rings is 2. The van der Waals surface area contributed by atoms with Gasteiger partial charge in [-0.3, -0.25) is 14.9 Å². The van der Waals surface area contributed by atoms with Gasteiger partial charge in [-0.05, 0) is 31.0 Å². The lowest BCUT2D eigenvalue weighted by atomic mass is 9.95. The van der Waals surface area contributed by atoms with Crippen molar-refractivity contribution < 1.29 is 14.5 Å². The van der Waals surface area contributed by atoms with Crippen molar-refractivity contribution in [2.75, 3.05) is 38.2 Å². The van der Waals surface area contributed by atoms with Crippen molar-refractivity contribution in [3.8, 4) is 5.75 Å². The van der Waals surface area contributed by atoms with E-state index in [9.17, 15) is 14.9 Å². The highest BCUT2D eigenvalue weighted by Crippen LogP contribution is 2.31. The van der Waals surface area contributed by atoms with E-state index in [1.165, 1.54) is 6.07 Å². The molecule has 0 saturated carbocycles. The van der Waals surface area contributed by atoms with Crippen molar-refractivity contribution in [1.82, 2.24) is 4.90 Å². The zero-order chi connectivity index (χ0) is 20.8. The monoisotopic (exact) mass is 417 g/mol. The molecule has 29 heavy (non-hydrogen) atoms. The molecule has 0 radical (unpaired) electrons. The van der Waals surface area contributed by atoms with Crippen LogP contribution in [0.5, 0.6) is 5.75 Å². The van der Waals surface area contributed by atoms with Gasteiger partial charge in [-0.1, -0.05) is 35.9 Å². The Morgan fingerprint density at radius 3 is 2.55 bits per heavy atom. The fourth-order valence-corrected chi connectivity index (χ4v) is 3.72. The molecule has 2 aromatic carbocycles. The van der Waals surface area contributed by atoms with E-state index in [-0.39, 0.29) is 22.4 Å². The van der Waals surface area contributed by atoms with Crippen molar-refractivity contribution in [3.63, 3.8) is 0 Å². The minimum absolute atomic E-state index is 0.0787. The quantitative estimate of drug-likeness (QED) is 0.502. The number of rotatable bonds is 7. The molecule has 3 rings (SSSR count). The van der Waals surface area contributed by atoms with E-state index in [0.717, 1.165) is 0 Å². The molecule has 0 aliphatic carbocycles. The van der Waals surface area contributed by atoms with Gasteiger partial charge in [-0.2, -0.15) is 0 Å². The summed E-state index contributed by atoms with van der Waals surface area (Å²) in [5.74, 6) is 0.599. The Kier molecular flexibility index (Phi) is 6.93. The normalized spacial score (nSPS) is 14.5. The maximum Gasteiger partial charge on any atom is 0.292 e. The molecule has 1 aliphatic rings. The highest BCUT2D eigenvalue weighted by Gasteiger charge is 2.29. The standard InChI is InChI=1S/C21H24ClN3O4/c1-23(14-15-29-20-9-5-2-6-17(20)22)21(26)16-10-12-24(13-11-16)18-7-3-4-8-19(18)25(27)28/h2-9,16H,10-15H2,1H3. The molecule has 1 saturated heterocycles. The highest BCUT2D eigenvalue weighted by atomic mass is 35.5. The Labute approximate surface area is 175 Å². The summed E-state index contributed by atoms with van der Waals surface area (Å²) in [6.07, 6.45) is 1.33. The van der Waals surface area contributed by atoms with Crippen LogP contribution >= 0.6 is 11.6 Å². The number of hydrogen-bond acceptors (Lipinski definition) is 5. The SMILES string of the molecule is CN(CCOc1ccccc1Cl)C(=O)C1CCN(c2ccccc2[N+](=O)[O-])CC1. The third-order valence-electron chi connectivity index (χ3n) is 5.16. The van der Waals surface area contributed by atoms with Crippen molar-refractivity contribution in [2.24, 2.45) is 5.92 Å². The number of carbonyl (C=O) groups is 1. The molecular formula is C21H24ClN3O4. The first-order chi connectivity index (χ1) is 14.0. The Morgan fingerprint density at radius 1 is 1.21 bits per heavy atom. The number of likely N-dealkylation sites (N-methyl/N-ethyl adjacent to an activating group) is 1. The zero-order valence-corrected chi connectivity index (χ0v) is 17.0. The van der Waals surface area contributed by atoms with Gasteiger partial charge in [0.25, 0.3) is 5.69 Å². The first-order valence-corrected chi connectivity index (χ1v) is 9.96. The van der Waals surface area contributed by atoms with Gasteiger partial charge in [0.15, 0.2) is 0 Å². The molecular weight excluding hydrogens is 394 g/mol. The molecule has 7 nitrogen and oxygen atoms in total. The third kappa shape index (κ3) is 5.17. The topological polar surface area (TPSA) is 75.9 Å². The number of nitro groups is 1. The molecule has 0 unspecified atom stereocenters. The average molecular weight is 418 g/mol. The maximum absolute atomic E-state index is 12.7. The average Bonchev–Trinajstić information content (AvgIpc) is 2.74. The number of nitro benzene ring substituents is 1. The first kappa shape index (κ1) is 20.9. The Morgan fingerprint density at radius 2 is 1.86 bits per heavy atom. The van der Waals surface area contributed by atoms with Gasteiger partial charge in [0.1, 0.15) is 18.0 Å². The summed E-state index contributed by atoms with van der Waals surface area (Å²) in [5.41, 5.74) is 0.719. The number of halogens is 1. The predicted molar refractivity (Wildman–Crippen MR) is 113 cm³/mol. The van der Waals surface area contributed by atoms with Crippen molar-refractivity contribution in [1.29, 1.82) is 0 Å². The van der Waals surface area contributed by atoms with Crippen LogP contribution in [0.25, 0.3) is 0 Å². The number of ether oxygens (including phenoxy) is 1. The van der Waals surface area contributed by atoms with Crippen LogP contribution in [-0.4, -0.2) is 49.0 Å². The number of nitrogens with zero attached hydrogens (tertiary/aromatic N) is 3. The van der Waals surface area contributed by atoms with Gasteiger partial charge in [-0.25, -0.2) is 0 Å². The van der Waals surface area contributed by atoms with Crippen LogP contribution in [0.1, 0.15) is 12.8 Å². The van der Waals surface area contributed by atoms with E-state index < -0.39 is 0 Å². The second-order valence-corrected chi connectivity index (χ2v) is 7.45. The summed E-state index contributed by atoms with van der Waals surface area (Å²) in [6.45, 7) is 2.06. The molecule has 154 valence electrons. The summed E-state index contributed by atoms with van der Waals surface area (Å²) in [6, 6.07) is 14.0. The summed E-state index contributed by atoms with van der Waals surface area (Å²) >= 11 is 6.07. The van der Waals surface area contributed by atoms with Crippen molar-refractivity contribution in [3.05, 3.63) is 63.7 Å². The Hall–Kier alpha value is -2.80. The molecule has 1 fully saturated rings. The van der Waals surface area contributed by atoms with Gasteiger partial charge in [0.05, 0.1) is 16.5 Å². The summed E-state index contributed by atoms with van der Waals surface area (Å²) in [7, 11) is 1.77. The first-order valence-electron chi connectivity index (χ1n) is 9.58. The van der Waals surface area contributed by atoms with E-state index in [0.29, 0.717) is 55.5 Å². The van der Waals surface area contributed by atoms with Crippen LogP contribution in [0, 0.1) is 16.0 Å². The predicted octanol–water partition coefficient (Wildman–Crippen LogP) is 4.00. The van der Waals surface area contributed by atoms with Gasteiger partial charge in [0, 0.05) is 32.1 Å². The van der Waals surface area contributed by atoms with Crippen molar-refractivity contribution >= 4 is 28.9 Å². The minimum Gasteiger partial charge on any atom is -0.490 e. The lowest BCUT2D eigenvalue weighted by Crippen LogP contribution is -2.42. The second kappa shape index (κ2) is 9.60. The number of para-hydroxylation sites is 3. The van der Waals surface area contributed by atoms with E-state index in [2.05, 4.69) is 0 Å². The van der Waals surface area contributed by atoms with E-state index >= 15 is 0 Å². The van der Waals surface area contributed by atoms with Gasteiger partial charge in [0.2, 0.25) is 5.91 Å². The highest BCUT2D eigenvalue weighted by molar-refractivity contribution is 6.32. The largest absolute Gasteiger partial charge is 0.490 e. The zero-order valence-electron chi connectivity index (χ0n) is 16.3. The molecule has 0 N–H and O–H groups in total. The number of amides is 1. The van der Waals surface area contributed by atoms with E-state index in [4.69, 9.17) is 16.3 Å². The third-order valence-corrected chi connectivity index (χ3v) is 5.47. The molecule has 1 heterocycles. The molecule has 1 amide bonds. The minimum atomic E-state index is -0.362. The molecule has 1 aliphatic heterocycles. The Bertz CT molecular complexity index is 869. The smallest absolute Gasteiger partial charge is 0.292 e. The summed E-state index contributed by atoms with van der Waals surface area (Å²) in [5, 5.41) is 11.8. The van der Waals surface area contributed by atoms with Gasteiger partial charge < -0.3 is 14.5 Å². The van der Waals surface area contributed by atoms with Crippen LogP contribution in [-0.2, 0) is 4.79 Å². The van der Waals surface area contributed by atoms with Crippen molar-refractivity contribution in [2.45, 2.75) is 12.8 Å². The fraction of sp³-hybridized carbons (Fsp3) is 0.381. The Balaban J connectivity index is 1.49. The second-order valence-electron chi connectivity index (χ2n) is 7.05. The number of carbonyl (C=O) groups excluding carboxylic acids is 1. The fourth-order valence-electron chi connectivity index (χ4n) is 3.53. The number of piperidine rings is 1. The molecule has 0 spiro atoms. The molecule has 0 atom stereocenters. The molecule has 8 heteroatoms. The molecule has 0 aromatic heterocycles.